The maximum absolute atomic E-state index is 12.5. The number of aromatic nitrogens is 2. The molecular weight excluding hydrogens is 320 g/mol. The summed E-state index contributed by atoms with van der Waals surface area (Å²) < 4.78 is 38.1. The van der Waals surface area contributed by atoms with E-state index in [1.165, 1.54) is 0 Å². The maximum atomic E-state index is 12.5. The third kappa shape index (κ3) is 2.73. The van der Waals surface area contributed by atoms with Crippen molar-refractivity contribution in [1.29, 1.82) is 0 Å². The fourth-order valence-electron chi connectivity index (χ4n) is 1.56. The Balaban J connectivity index is 2.67. The van der Waals surface area contributed by atoms with Crippen molar-refractivity contribution < 1.29 is 13.2 Å². The summed E-state index contributed by atoms with van der Waals surface area (Å²) >= 11 is 11.2. The minimum atomic E-state index is -4.57. The summed E-state index contributed by atoms with van der Waals surface area (Å²) in [6, 6.07) is 3.21. The number of hydrogen-bond donors (Lipinski definition) is 1. The fraction of sp³-hybridized carbons (Fsp3) is 0.0909. The van der Waals surface area contributed by atoms with Crippen molar-refractivity contribution in [2.45, 2.75) is 6.18 Å². The molecule has 20 heavy (non-hydrogen) atoms. The minimum Gasteiger partial charge on any atom is -0.297 e. The van der Waals surface area contributed by atoms with E-state index in [1.54, 1.807) is 0 Å². The van der Waals surface area contributed by atoms with Gasteiger partial charge in [-0.05, 0) is 18.2 Å². The largest absolute Gasteiger partial charge is 0.416 e. The molecule has 0 spiro atoms. The van der Waals surface area contributed by atoms with Crippen LogP contribution in [0.25, 0.3) is 5.69 Å². The van der Waals surface area contributed by atoms with E-state index in [2.05, 4.69) is 4.98 Å². The van der Waals surface area contributed by atoms with Crippen LogP contribution in [-0.4, -0.2) is 9.55 Å². The Bertz CT molecular complexity index is 749. The van der Waals surface area contributed by atoms with Gasteiger partial charge in [-0.2, -0.15) is 13.2 Å². The van der Waals surface area contributed by atoms with E-state index in [1.807, 2.05) is 0 Å². The molecule has 2 aromatic rings. The Kier molecular flexibility index (Phi) is 3.66. The Hall–Kier alpha value is -1.73. The van der Waals surface area contributed by atoms with Gasteiger partial charge in [0.25, 0.3) is 5.56 Å². The Morgan fingerprint density at radius 2 is 1.75 bits per heavy atom. The number of benzene rings is 1. The molecule has 0 amide bonds. The highest BCUT2D eigenvalue weighted by atomic mass is 35.5. The summed E-state index contributed by atoms with van der Waals surface area (Å²) in [6.45, 7) is 0. The van der Waals surface area contributed by atoms with Crippen molar-refractivity contribution in [1.82, 2.24) is 9.55 Å². The molecule has 0 aliphatic heterocycles. The van der Waals surface area contributed by atoms with E-state index in [0.29, 0.717) is 10.6 Å². The second-order valence-electron chi connectivity index (χ2n) is 3.76. The van der Waals surface area contributed by atoms with Crippen LogP contribution in [0, 0.1) is 0 Å². The summed E-state index contributed by atoms with van der Waals surface area (Å²) in [5, 5.41) is -0.561. The molecule has 0 saturated carbocycles. The Morgan fingerprint density at radius 3 is 2.25 bits per heavy atom. The molecular formula is C11H5Cl2F3N2O2. The molecule has 4 nitrogen and oxygen atoms in total. The molecule has 0 unspecified atom stereocenters. The summed E-state index contributed by atoms with van der Waals surface area (Å²) in [4.78, 5) is 25.5. The van der Waals surface area contributed by atoms with Gasteiger partial charge in [0, 0.05) is 6.07 Å². The van der Waals surface area contributed by atoms with Gasteiger partial charge in [-0.3, -0.25) is 9.78 Å². The zero-order valence-electron chi connectivity index (χ0n) is 9.46. The second-order valence-corrected chi connectivity index (χ2v) is 4.57. The first-order chi connectivity index (χ1) is 9.20. The lowest BCUT2D eigenvalue weighted by Crippen LogP contribution is -2.33. The average molecular weight is 325 g/mol. The highest BCUT2D eigenvalue weighted by molar-refractivity contribution is 6.32. The van der Waals surface area contributed by atoms with Crippen LogP contribution in [0.5, 0.6) is 0 Å². The van der Waals surface area contributed by atoms with E-state index in [4.69, 9.17) is 23.2 Å². The first-order valence-electron chi connectivity index (χ1n) is 5.09. The molecule has 0 radical (unpaired) electrons. The number of nitrogens with zero attached hydrogens (tertiary/aromatic N) is 1. The number of halogens is 5. The Morgan fingerprint density at radius 1 is 1.10 bits per heavy atom. The SMILES string of the molecule is O=c1cc(Cl)[nH]c(=O)n1-c1ccc(C(F)(F)F)cc1Cl. The quantitative estimate of drug-likeness (QED) is 0.820. The monoisotopic (exact) mass is 324 g/mol. The van der Waals surface area contributed by atoms with Crippen molar-refractivity contribution in [3.05, 3.63) is 60.8 Å². The van der Waals surface area contributed by atoms with Crippen LogP contribution in [0.1, 0.15) is 5.56 Å². The highest BCUT2D eigenvalue weighted by Gasteiger charge is 2.31. The smallest absolute Gasteiger partial charge is 0.297 e. The van der Waals surface area contributed by atoms with Crippen molar-refractivity contribution in [3.8, 4) is 5.69 Å². The number of nitrogens with one attached hydrogen (secondary N) is 1. The molecule has 9 heteroatoms. The van der Waals surface area contributed by atoms with E-state index >= 15 is 0 Å². The van der Waals surface area contributed by atoms with Crippen LogP contribution >= 0.6 is 23.2 Å². The van der Waals surface area contributed by atoms with Crippen molar-refractivity contribution in [2.75, 3.05) is 0 Å². The van der Waals surface area contributed by atoms with Crippen LogP contribution in [0.15, 0.2) is 33.9 Å². The van der Waals surface area contributed by atoms with Crippen molar-refractivity contribution in [2.24, 2.45) is 0 Å². The molecule has 0 aliphatic rings. The molecule has 0 bridgehead atoms. The number of rotatable bonds is 1. The molecule has 106 valence electrons. The molecule has 0 atom stereocenters. The van der Waals surface area contributed by atoms with Gasteiger partial charge in [0.1, 0.15) is 5.15 Å². The van der Waals surface area contributed by atoms with Crippen LogP contribution in [0.4, 0.5) is 13.2 Å². The fourth-order valence-corrected chi connectivity index (χ4v) is 2.00. The third-order valence-electron chi connectivity index (χ3n) is 2.42. The molecule has 0 saturated heterocycles. The summed E-state index contributed by atoms with van der Waals surface area (Å²) in [5.74, 6) is 0. The highest BCUT2D eigenvalue weighted by Crippen LogP contribution is 2.32. The first-order valence-corrected chi connectivity index (χ1v) is 5.85. The van der Waals surface area contributed by atoms with Gasteiger partial charge < -0.3 is 0 Å². The lowest BCUT2D eigenvalue weighted by atomic mass is 10.2. The van der Waals surface area contributed by atoms with E-state index in [-0.39, 0.29) is 15.9 Å². The summed E-state index contributed by atoms with van der Waals surface area (Å²) in [6.07, 6.45) is -4.57. The number of H-pyrrole nitrogens is 1. The van der Waals surface area contributed by atoms with Gasteiger partial charge in [0.2, 0.25) is 0 Å². The second kappa shape index (κ2) is 4.99. The van der Waals surface area contributed by atoms with E-state index in [9.17, 15) is 22.8 Å². The molecule has 2 rings (SSSR count). The van der Waals surface area contributed by atoms with Crippen LogP contribution < -0.4 is 11.2 Å². The number of alkyl halides is 3. The minimum absolute atomic E-state index is 0.164. The molecule has 1 heterocycles. The third-order valence-corrected chi connectivity index (χ3v) is 2.92. The van der Waals surface area contributed by atoms with Gasteiger partial charge in [-0.15, -0.1) is 0 Å². The van der Waals surface area contributed by atoms with Crippen molar-refractivity contribution in [3.63, 3.8) is 0 Å². The summed E-state index contributed by atoms with van der Waals surface area (Å²) in [5.41, 5.74) is -2.85. The van der Waals surface area contributed by atoms with Crippen molar-refractivity contribution >= 4 is 23.2 Å². The topological polar surface area (TPSA) is 54.9 Å². The van der Waals surface area contributed by atoms with Gasteiger partial charge in [0.05, 0.1) is 16.3 Å². The Labute approximate surface area is 119 Å². The molecule has 1 aromatic heterocycles. The summed E-state index contributed by atoms with van der Waals surface area (Å²) in [7, 11) is 0. The molecule has 0 aliphatic carbocycles. The van der Waals surface area contributed by atoms with Gasteiger partial charge in [-0.1, -0.05) is 23.2 Å². The zero-order chi connectivity index (χ0) is 15.1. The molecule has 0 fully saturated rings. The maximum Gasteiger partial charge on any atom is 0.416 e. The van der Waals surface area contributed by atoms with E-state index in [0.717, 1.165) is 18.2 Å². The first kappa shape index (κ1) is 14.7. The van der Waals surface area contributed by atoms with E-state index < -0.39 is 23.0 Å². The zero-order valence-corrected chi connectivity index (χ0v) is 11.0. The lowest BCUT2D eigenvalue weighted by Gasteiger charge is -2.10. The number of aromatic amines is 1. The predicted octanol–water partition coefficient (Wildman–Crippen LogP) is 2.85. The van der Waals surface area contributed by atoms with Gasteiger partial charge >= 0.3 is 11.9 Å². The number of hydrogen-bond acceptors (Lipinski definition) is 2. The molecule has 1 aromatic carbocycles. The van der Waals surface area contributed by atoms with Gasteiger partial charge in [-0.25, -0.2) is 9.36 Å². The normalized spacial score (nSPS) is 11.7. The van der Waals surface area contributed by atoms with Gasteiger partial charge in [0.15, 0.2) is 0 Å². The average Bonchev–Trinajstić information content (AvgIpc) is 2.28. The predicted molar refractivity (Wildman–Crippen MR) is 67.7 cm³/mol. The molecule has 1 N–H and O–H groups in total. The van der Waals surface area contributed by atoms with Crippen LogP contribution in [0.3, 0.4) is 0 Å². The van der Waals surface area contributed by atoms with Crippen LogP contribution in [0.2, 0.25) is 10.2 Å². The van der Waals surface area contributed by atoms with Crippen LogP contribution in [-0.2, 0) is 6.18 Å². The standard InChI is InChI=1S/C11H5Cl2F3N2O2/c12-6-3-5(11(14,15)16)1-2-7(6)18-9(19)4-8(13)17-10(18)20/h1-4H,(H,17,20). The lowest BCUT2D eigenvalue weighted by molar-refractivity contribution is -0.137.